The fourth-order valence-electron chi connectivity index (χ4n) is 2.65. The van der Waals surface area contributed by atoms with Crippen LogP contribution in [0.5, 0.6) is 0 Å². The third-order valence-electron chi connectivity index (χ3n) is 3.85. The summed E-state index contributed by atoms with van der Waals surface area (Å²) in [7, 11) is 0. The van der Waals surface area contributed by atoms with Crippen LogP contribution < -0.4 is 5.32 Å². The number of aliphatic hydroxyl groups is 1. The SMILES string of the molecule is Cc1ccc(C(NCC(O)CC(C)C)C2CC2)cc1. The maximum absolute atomic E-state index is 10.00. The van der Waals surface area contributed by atoms with Crippen LogP contribution in [0.3, 0.4) is 0 Å². The van der Waals surface area contributed by atoms with Crippen molar-refractivity contribution in [3.63, 3.8) is 0 Å². The summed E-state index contributed by atoms with van der Waals surface area (Å²) in [5, 5.41) is 13.6. The predicted octanol–water partition coefficient (Wildman–Crippen LogP) is 3.44. The van der Waals surface area contributed by atoms with E-state index in [1.54, 1.807) is 0 Å². The molecule has 1 aromatic rings. The van der Waals surface area contributed by atoms with Crippen molar-refractivity contribution in [1.82, 2.24) is 5.32 Å². The van der Waals surface area contributed by atoms with Crippen LogP contribution in [0, 0.1) is 18.8 Å². The van der Waals surface area contributed by atoms with Crippen LogP contribution in [0.4, 0.5) is 0 Å². The van der Waals surface area contributed by atoms with Gasteiger partial charge in [-0.15, -0.1) is 0 Å². The number of aliphatic hydroxyl groups excluding tert-OH is 1. The van der Waals surface area contributed by atoms with Gasteiger partial charge in [-0.2, -0.15) is 0 Å². The molecule has 0 aliphatic heterocycles. The van der Waals surface area contributed by atoms with Crippen LogP contribution in [0.2, 0.25) is 0 Å². The van der Waals surface area contributed by atoms with E-state index in [9.17, 15) is 5.11 Å². The molecule has 1 aliphatic carbocycles. The normalized spacial score (nSPS) is 18.6. The molecule has 0 spiro atoms. The smallest absolute Gasteiger partial charge is 0.0667 e. The first-order valence-electron chi connectivity index (χ1n) is 7.54. The molecule has 2 heteroatoms. The van der Waals surface area contributed by atoms with Gasteiger partial charge in [-0.3, -0.25) is 0 Å². The van der Waals surface area contributed by atoms with Crippen molar-refractivity contribution >= 4 is 0 Å². The molecule has 2 nitrogen and oxygen atoms in total. The summed E-state index contributed by atoms with van der Waals surface area (Å²) in [6.45, 7) is 7.13. The molecule has 2 rings (SSSR count). The Morgan fingerprint density at radius 3 is 2.37 bits per heavy atom. The van der Waals surface area contributed by atoms with Crippen LogP contribution in [0.15, 0.2) is 24.3 Å². The second kappa shape index (κ2) is 6.53. The van der Waals surface area contributed by atoms with Crippen molar-refractivity contribution < 1.29 is 5.11 Å². The third-order valence-corrected chi connectivity index (χ3v) is 3.85. The highest BCUT2D eigenvalue weighted by Crippen LogP contribution is 2.41. The summed E-state index contributed by atoms with van der Waals surface area (Å²) in [5.74, 6) is 1.31. The predicted molar refractivity (Wildman–Crippen MR) is 80.1 cm³/mol. The zero-order valence-electron chi connectivity index (χ0n) is 12.4. The first kappa shape index (κ1) is 14.5. The molecular weight excluding hydrogens is 234 g/mol. The molecule has 1 aromatic carbocycles. The van der Waals surface area contributed by atoms with Crippen molar-refractivity contribution in [1.29, 1.82) is 0 Å². The van der Waals surface area contributed by atoms with Gasteiger partial charge < -0.3 is 10.4 Å². The topological polar surface area (TPSA) is 32.3 Å². The number of aryl methyl sites for hydroxylation is 1. The summed E-state index contributed by atoms with van der Waals surface area (Å²) < 4.78 is 0. The Morgan fingerprint density at radius 1 is 1.21 bits per heavy atom. The van der Waals surface area contributed by atoms with Crippen LogP contribution in [0.25, 0.3) is 0 Å². The van der Waals surface area contributed by atoms with E-state index in [0.29, 0.717) is 18.5 Å². The zero-order chi connectivity index (χ0) is 13.8. The first-order chi connectivity index (χ1) is 9.06. The lowest BCUT2D eigenvalue weighted by atomic mass is 10.00. The highest BCUT2D eigenvalue weighted by atomic mass is 16.3. The van der Waals surface area contributed by atoms with Gasteiger partial charge in [-0.25, -0.2) is 0 Å². The van der Waals surface area contributed by atoms with Crippen molar-refractivity contribution in [2.75, 3.05) is 6.54 Å². The Labute approximate surface area is 117 Å². The van der Waals surface area contributed by atoms with Gasteiger partial charge in [0.15, 0.2) is 0 Å². The zero-order valence-corrected chi connectivity index (χ0v) is 12.4. The minimum atomic E-state index is -0.230. The van der Waals surface area contributed by atoms with Crippen molar-refractivity contribution in [2.45, 2.75) is 52.2 Å². The number of benzene rings is 1. The molecule has 0 amide bonds. The molecule has 2 unspecified atom stereocenters. The molecule has 1 aliphatic rings. The molecule has 2 N–H and O–H groups in total. The van der Waals surface area contributed by atoms with Crippen LogP contribution >= 0.6 is 0 Å². The molecule has 0 aromatic heterocycles. The Kier molecular flexibility index (Phi) is 5.00. The summed E-state index contributed by atoms with van der Waals surface area (Å²) >= 11 is 0. The molecule has 1 fully saturated rings. The third kappa shape index (κ3) is 4.63. The monoisotopic (exact) mass is 261 g/mol. The van der Waals surface area contributed by atoms with E-state index in [1.165, 1.54) is 24.0 Å². The van der Waals surface area contributed by atoms with Gasteiger partial charge in [0.25, 0.3) is 0 Å². The molecule has 0 bridgehead atoms. The summed E-state index contributed by atoms with van der Waals surface area (Å²) in [4.78, 5) is 0. The van der Waals surface area contributed by atoms with Gasteiger partial charge in [0, 0.05) is 12.6 Å². The average Bonchev–Trinajstić information content (AvgIpc) is 3.15. The standard InChI is InChI=1S/C17H27NO/c1-12(2)10-16(19)11-18-17(15-8-9-15)14-6-4-13(3)5-7-14/h4-7,12,15-19H,8-11H2,1-3H3. The number of hydrogen-bond acceptors (Lipinski definition) is 2. The number of nitrogens with one attached hydrogen (secondary N) is 1. The quantitative estimate of drug-likeness (QED) is 0.788. The molecule has 1 saturated carbocycles. The fraction of sp³-hybridized carbons (Fsp3) is 0.647. The van der Waals surface area contributed by atoms with Gasteiger partial charge >= 0.3 is 0 Å². The fourth-order valence-corrected chi connectivity index (χ4v) is 2.65. The molecule has 0 saturated heterocycles. The van der Waals surface area contributed by atoms with Gasteiger partial charge in [0.1, 0.15) is 0 Å². The van der Waals surface area contributed by atoms with Gasteiger partial charge in [-0.1, -0.05) is 43.7 Å². The van der Waals surface area contributed by atoms with Gasteiger partial charge in [-0.05, 0) is 43.6 Å². The minimum absolute atomic E-state index is 0.230. The highest BCUT2D eigenvalue weighted by molar-refractivity contribution is 5.25. The lowest BCUT2D eigenvalue weighted by molar-refractivity contribution is 0.141. The minimum Gasteiger partial charge on any atom is -0.392 e. The van der Waals surface area contributed by atoms with Crippen molar-refractivity contribution in [3.8, 4) is 0 Å². The lowest BCUT2D eigenvalue weighted by Gasteiger charge is -2.22. The highest BCUT2D eigenvalue weighted by Gasteiger charge is 2.32. The molecule has 0 radical (unpaired) electrons. The summed E-state index contributed by atoms with van der Waals surface area (Å²) in [6, 6.07) is 9.22. The maximum atomic E-state index is 10.00. The molecule has 19 heavy (non-hydrogen) atoms. The summed E-state index contributed by atoms with van der Waals surface area (Å²) in [6.07, 6.45) is 3.27. The lowest BCUT2D eigenvalue weighted by Crippen LogP contribution is -2.32. The number of hydrogen-bond donors (Lipinski definition) is 2. The van der Waals surface area contributed by atoms with E-state index in [2.05, 4.69) is 50.4 Å². The Balaban J connectivity index is 1.91. The van der Waals surface area contributed by atoms with E-state index in [-0.39, 0.29) is 6.10 Å². The van der Waals surface area contributed by atoms with Crippen molar-refractivity contribution in [3.05, 3.63) is 35.4 Å². The van der Waals surface area contributed by atoms with E-state index in [4.69, 9.17) is 0 Å². The van der Waals surface area contributed by atoms with Crippen LogP contribution in [0.1, 0.15) is 50.3 Å². The maximum Gasteiger partial charge on any atom is 0.0667 e. The van der Waals surface area contributed by atoms with E-state index in [1.807, 2.05) is 0 Å². The van der Waals surface area contributed by atoms with E-state index in [0.717, 1.165) is 12.3 Å². The van der Waals surface area contributed by atoms with Gasteiger partial charge in [0.2, 0.25) is 0 Å². The van der Waals surface area contributed by atoms with E-state index < -0.39 is 0 Å². The largest absolute Gasteiger partial charge is 0.392 e. The molecule has 2 atom stereocenters. The number of rotatable bonds is 7. The average molecular weight is 261 g/mol. The van der Waals surface area contributed by atoms with Crippen LogP contribution in [-0.2, 0) is 0 Å². The van der Waals surface area contributed by atoms with Gasteiger partial charge in [0.05, 0.1) is 6.10 Å². The molecule has 106 valence electrons. The Bertz CT molecular complexity index is 381. The molecular formula is C17H27NO. The Hall–Kier alpha value is -0.860. The Morgan fingerprint density at radius 2 is 1.84 bits per heavy atom. The van der Waals surface area contributed by atoms with Crippen molar-refractivity contribution in [2.24, 2.45) is 11.8 Å². The summed E-state index contributed by atoms with van der Waals surface area (Å²) in [5.41, 5.74) is 2.67. The second-order valence-electron chi connectivity index (χ2n) is 6.42. The van der Waals surface area contributed by atoms with E-state index >= 15 is 0 Å². The first-order valence-corrected chi connectivity index (χ1v) is 7.54. The molecule has 0 heterocycles. The van der Waals surface area contributed by atoms with Crippen LogP contribution in [-0.4, -0.2) is 17.8 Å². The second-order valence-corrected chi connectivity index (χ2v) is 6.42.